The molecule has 0 spiro atoms. The fourth-order valence-corrected chi connectivity index (χ4v) is 5.16. The summed E-state index contributed by atoms with van der Waals surface area (Å²) in [5.41, 5.74) is 7.71. The first kappa shape index (κ1) is 19.3. The van der Waals surface area contributed by atoms with Crippen LogP contribution in [0.4, 0.5) is 10.7 Å². The zero-order valence-corrected chi connectivity index (χ0v) is 16.8. The van der Waals surface area contributed by atoms with Crippen molar-refractivity contribution in [1.82, 2.24) is 5.32 Å². The zero-order valence-electron chi connectivity index (χ0n) is 16.0. The molecule has 29 heavy (non-hydrogen) atoms. The van der Waals surface area contributed by atoms with Crippen molar-refractivity contribution >= 4 is 39.7 Å². The summed E-state index contributed by atoms with van der Waals surface area (Å²) in [5.74, 6) is -0.500. The van der Waals surface area contributed by atoms with E-state index in [0.717, 1.165) is 35.4 Å². The number of aryl methyl sites for hydroxylation is 1. The third-order valence-electron chi connectivity index (χ3n) is 5.16. The third-order valence-corrected chi connectivity index (χ3v) is 6.36. The molecule has 0 saturated heterocycles. The van der Waals surface area contributed by atoms with Gasteiger partial charge in [0.2, 0.25) is 5.91 Å². The number of primary amides is 1. The third kappa shape index (κ3) is 3.65. The number of thiophene rings is 1. The van der Waals surface area contributed by atoms with Crippen LogP contribution in [-0.2, 0) is 22.4 Å². The number of rotatable bonds is 5. The number of hydrogen-bond donors (Lipinski definition) is 3. The van der Waals surface area contributed by atoms with E-state index in [0.29, 0.717) is 16.3 Å². The number of nitrogens with zero attached hydrogens (tertiary/aromatic N) is 1. The summed E-state index contributed by atoms with van der Waals surface area (Å²) < 4.78 is 5.76. The number of nitrogens with one attached hydrogen (secondary N) is 2. The highest BCUT2D eigenvalue weighted by Crippen LogP contribution is 2.39. The zero-order chi connectivity index (χ0) is 20.5. The molecule has 0 unspecified atom stereocenters. The minimum absolute atomic E-state index is 0.0225. The average molecular weight is 414 g/mol. The number of para-hydroxylation sites is 2. The summed E-state index contributed by atoms with van der Waals surface area (Å²) in [6, 6.07) is 7.28. The smallest absolute Gasteiger partial charge is 0.262 e. The predicted molar refractivity (Wildman–Crippen MR) is 111 cm³/mol. The van der Waals surface area contributed by atoms with Gasteiger partial charge < -0.3 is 26.0 Å². The van der Waals surface area contributed by atoms with Gasteiger partial charge in [0.15, 0.2) is 6.10 Å². The highest BCUT2D eigenvalue weighted by molar-refractivity contribution is 7.17. The van der Waals surface area contributed by atoms with E-state index < -0.39 is 12.0 Å². The number of benzene rings is 1. The lowest BCUT2D eigenvalue weighted by atomic mass is 10.1. The molecule has 8 nitrogen and oxygen atoms in total. The number of ether oxygens (including phenoxy) is 1. The number of likely N-dealkylation sites (N-methyl/N-ethyl adjacent to an activating group) is 1. The molecule has 1 aliphatic carbocycles. The number of amides is 3. The molecule has 3 amide bonds. The lowest BCUT2D eigenvalue weighted by molar-refractivity contribution is -0.127. The molecule has 2 aromatic rings. The number of carbonyl (C=O) groups excluding carboxylic acids is 3. The van der Waals surface area contributed by atoms with E-state index in [9.17, 15) is 14.4 Å². The SMILES string of the molecule is CNC(=O)[C@@H]1CN(CC(=O)Nc2sc3c(c2C(N)=O)CCC3)c2ccccc2O1. The van der Waals surface area contributed by atoms with Crippen molar-refractivity contribution in [2.24, 2.45) is 5.73 Å². The molecule has 1 aromatic carbocycles. The van der Waals surface area contributed by atoms with E-state index in [1.807, 2.05) is 18.2 Å². The largest absolute Gasteiger partial charge is 0.477 e. The first-order chi connectivity index (χ1) is 14.0. The Hall–Kier alpha value is -3.07. The first-order valence-electron chi connectivity index (χ1n) is 9.44. The Balaban J connectivity index is 1.54. The fourth-order valence-electron chi connectivity index (χ4n) is 3.85. The summed E-state index contributed by atoms with van der Waals surface area (Å²) in [6.07, 6.45) is 2.00. The number of nitrogens with two attached hydrogens (primary N) is 1. The number of anilines is 2. The fraction of sp³-hybridized carbons (Fsp3) is 0.350. The van der Waals surface area contributed by atoms with E-state index >= 15 is 0 Å². The van der Waals surface area contributed by atoms with Crippen LogP contribution < -0.4 is 26.0 Å². The van der Waals surface area contributed by atoms with Gasteiger partial charge in [-0.25, -0.2) is 0 Å². The lowest BCUT2D eigenvalue weighted by Crippen LogP contribution is -2.50. The lowest BCUT2D eigenvalue weighted by Gasteiger charge is -2.34. The average Bonchev–Trinajstić information content (AvgIpc) is 3.27. The van der Waals surface area contributed by atoms with Crippen molar-refractivity contribution in [2.75, 3.05) is 30.4 Å². The van der Waals surface area contributed by atoms with Crippen LogP contribution >= 0.6 is 11.3 Å². The van der Waals surface area contributed by atoms with Gasteiger partial charge in [-0.05, 0) is 37.0 Å². The molecule has 1 atom stereocenters. The minimum atomic E-state index is -0.714. The van der Waals surface area contributed by atoms with Crippen molar-refractivity contribution in [1.29, 1.82) is 0 Å². The van der Waals surface area contributed by atoms with Crippen molar-refractivity contribution < 1.29 is 19.1 Å². The van der Waals surface area contributed by atoms with Crippen LogP contribution in [0.1, 0.15) is 27.2 Å². The summed E-state index contributed by atoms with van der Waals surface area (Å²) in [7, 11) is 1.55. The highest BCUT2D eigenvalue weighted by Gasteiger charge is 2.32. The van der Waals surface area contributed by atoms with Gasteiger partial charge in [0.25, 0.3) is 11.8 Å². The van der Waals surface area contributed by atoms with Crippen LogP contribution in [0.3, 0.4) is 0 Å². The topological polar surface area (TPSA) is 114 Å². The van der Waals surface area contributed by atoms with Gasteiger partial charge in [-0.2, -0.15) is 0 Å². The molecule has 0 fully saturated rings. The second kappa shape index (κ2) is 7.75. The summed E-state index contributed by atoms with van der Waals surface area (Å²) in [6.45, 7) is 0.266. The molecular formula is C20H22N4O4S. The van der Waals surface area contributed by atoms with Crippen LogP contribution in [0.25, 0.3) is 0 Å². The van der Waals surface area contributed by atoms with Crippen molar-refractivity contribution in [3.05, 3.63) is 40.3 Å². The van der Waals surface area contributed by atoms with Gasteiger partial charge in [-0.15, -0.1) is 11.3 Å². The Morgan fingerprint density at radius 3 is 2.83 bits per heavy atom. The maximum absolute atomic E-state index is 12.8. The van der Waals surface area contributed by atoms with E-state index in [1.165, 1.54) is 11.3 Å². The Morgan fingerprint density at radius 1 is 1.28 bits per heavy atom. The Morgan fingerprint density at radius 2 is 2.07 bits per heavy atom. The van der Waals surface area contributed by atoms with Crippen LogP contribution in [0, 0.1) is 0 Å². The molecule has 4 rings (SSSR count). The quantitative estimate of drug-likeness (QED) is 0.682. The maximum atomic E-state index is 12.8. The molecule has 0 saturated carbocycles. The standard InChI is InChI=1S/C20H22N4O4S/c1-22-19(27)14-9-24(12-6-2-3-7-13(12)28-14)10-16(25)23-20-17(18(21)26)11-5-4-8-15(11)29-20/h2-3,6-7,14H,4-5,8-10H2,1H3,(H2,21,26)(H,22,27)(H,23,25)/t14-/m0/s1. The van der Waals surface area contributed by atoms with E-state index in [-0.39, 0.29) is 24.9 Å². The van der Waals surface area contributed by atoms with Crippen molar-refractivity contribution in [2.45, 2.75) is 25.4 Å². The number of hydrogen-bond acceptors (Lipinski definition) is 6. The van der Waals surface area contributed by atoms with Gasteiger partial charge in [0.1, 0.15) is 10.8 Å². The second-order valence-corrected chi connectivity index (χ2v) is 8.15. The maximum Gasteiger partial charge on any atom is 0.262 e. The molecular weight excluding hydrogens is 392 g/mol. The molecule has 4 N–H and O–H groups in total. The Labute approximate surface area is 172 Å². The van der Waals surface area contributed by atoms with E-state index in [1.54, 1.807) is 18.0 Å². The van der Waals surface area contributed by atoms with Crippen LogP contribution in [0.5, 0.6) is 5.75 Å². The minimum Gasteiger partial charge on any atom is -0.477 e. The first-order valence-corrected chi connectivity index (χ1v) is 10.3. The van der Waals surface area contributed by atoms with Gasteiger partial charge in [-0.1, -0.05) is 12.1 Å². The van der Waals surface area contributed by atoms with E-state index in [2.05, 4.69) is 10.6 Å². The predicted octanol–water partition coefficient (Wildman–Crippen LogP) is 1.29. The summed E-state index contributed by atoms with van der Waals surface area (Å²) in [4.78, 5) is 39.7. The molecule has 9 heteroatoms. The molecule has 152 valence electrons. The summed E-state index contributed by atoms with van der Waals surface area (Å²) >= 11 is 1.42. The van der Waals surface area contributed by atoms with E-state index in [4.69, 9.17) is 10.5 Å². The van der Waals surface area contributed by atoms with Crippen molar-refractivity contribution in [3.63, 3.8) is 0 Å². The van der Waals surface area contributed by atoms with Crippen LogP contribution in [0.15, 0.2) is 24.3 Å². The normalized spacial score (nSPS) is 17.1. The number of carbonyl (C=O) groups is 3. The summed E-state index contributed by atoms with van der Waals surface area (Å²) in [5, 5.41) is 5.94. The number of fused-ring (bicyclic) bond motifs is 2. The Kier molecular flexibility index (Phi) is 5.14. The Bertz CT molecular complexity index is 987. The van der Waals surface area contributed by atoms with Crippen LogP contribution in [-0.4, -0.2) is 44.0 Å². The molecule has 1 aliphatic heterocycles. The second-order valence-electron chi connectivity index (χ2n) is 7.04. The van der Waals surface area contributed by atoms with Crippen molar-refractivity contribution in [3.8, 4) is 5.75 Å². The highest BCUT2D eigenvalue weighted by atomic mass is 32.1. The monoisotopic (exact) mass is 414 g/mol. The van der Waals surface area contributed by atoms with Gasteiger partial charge in [-0.3, -0.25) is 14.4 Å². The van der Waals surface area contributed by atoms with Crippen LogP contribution in [0.2, 0.25) is 0 Å². The van der Waals surface area contributed by atoms with Gasteiger partial charge in [0.05, 0.1) is 24.3 Å². The molecule has 2 aliphatic rings. The van der Waals surface area contributed by atoms with Gasteiger partial charge in [0, 0.05) is 11.9 Å². The molecule has 1 aromatic heterocycles. The molecule has 0 radical (unpaired) electrons. The molecule has 2 heterocycles. The molecule has 0 bridgehead atoms. The van der Waals surface area contributed by atoms with Gasteiger partial charge >= 0.3 is 0 Å².